The quantitative estimate of drug-likeness (QED) is 0.911. The van der Waals surface area contributed by atoms with Gasteiger partial charge in [0.2, 0.25) is 0 Å². The highest BCUT2D eigenvalue weighted by atomic mass is 35.5. The first kappa shape index (κ1) is 15.5. The van der Waals surface area contributed by atoms with Crippen molar-refractivity contribution in [2.45, 2.75) is 11.5 Å². The molecule has 0 amide bonds. The normalized spacial score (nSPS) is 23.2. The van der Waals surface area contributed by atoms with Crippen LogP contribution in [0.2, 0.25) is 5.02 Å². The van der Waals surface area contributed by atoms with Crippen LogP contribution in [0.1, 0.15) is 17.0 Å². The second-order valence-electron chi connectivity index (χ2n) is 5.54. The highest BCUT2D eigenvalue weighted by Gasteiger charge is 2.44. The summed E-state index contributed by atoms with van der Waals surface area (Å²) in [6.07, 6.45) is 0. The van der Waals surface area contributed by atoms with E-state index in [9.17, 15) is 5.11 Å². The number of hydrogen-bond donors (Lipinski definition) is 2. The molecule has 3 rings (SSSR count). The molecule has 0 saturated carbocycles. The second-order valence-corrected chi connectivity index (χ2v) is 5.95. The predicted octanol–water partition coefficient (Wildman–Crippen LogP) is 2.93. The van der Waals surface area contributed by atoms with E-state index >= 15 is 0 Å². The molecule has 22 heavy (non-hydrogen) atoms. The maximum absolute atomic E-state index is 10.1. The van der Waals surface area contributed by atoms with Gasteiger partial charge in [-0.3, -0.25) is 0 Å². The maximum Gasteiger partial charge on any atom is 0.116 e. The van der Waals surface area contributed by atoms with Crippen molar-refractivity contribution in [2.75, 3.05) is 26.3 Å². The van der Waals surface area contributed by atoms with Crippen LogP contribution in [0.5, 0.6) is 0 Å². The van der Waals surface area contributed by atoms with Crippen LogP contribution in [0.3, 0.4) is 0 Å². The number of morpholine rings is 1. The Morgan fingerprint density at radius 3 is 2.50 bits per heavy atom. The molecule has 2 aromatic carbocycles. The zero-order valence-corrected chi connectivity index (χ0v) is 13.1. The van der Waals surface area contributed by atoms with E-state index < -0.39 is 5.60 Å². The Morgan fingerprint density at radius 1 is 1.14 bits per heavy atom. The first-order chi connectivity index (χ1) is 10.8. The zero-order chi connectivity index (χ0) is 15.4. The van der Waals surface area contributed by atoms with Crippen LogP contribution in [-0.4, -0.2) is 31.4 Å². The summed E-state index contributed by atoms with van der Waals surface area (Å²) in [5, 5.41) is 14.2. The van der Waals surface area contributed by atoms with E-state index in [-0.39, 0.29) is 12.5 Å². The lowest BCUT2D eigenvalue weighted by atomic mass is 9.76. The maximum atomic E-state index is 10.1. The molecule has 0 aliphatic carbocycles. The summed E-state index contributed by atoms with van der Waals surface area (Å²) in [5.41, 5.74) is 1.31. The lowest BCUT2D eigenvalue weighted by Crippen LogP contribution is -2.52. The molecule has 0 radical (unpaired) electrons. The predicted molar refractivity (Wildman–Crippen MR) is 88.2 cm³/mol. The van der Waals surface area contributed by atoms with E-state index in [0.717, 1.165) is 17.7 Å². The molecule has 1 aliphatic rings. The number of hydrogen-bond acceptors (Lipinski definition) is 3. The number of aliphatic hydroxyl groups excluding tert-OH is 1. The minimum Gasteiger partial charge on any atom is -0.396 e. The van der Waals surface area contributed by atoms with Crippen LogP contribution in [0.15, 0.2) is 54.6 Å². The number of aliphatic hydroxyl groups is 1. The number of benzene rings is 2. The number of halogens is 1. The molecule has 0 aromatic heterocycles. The molecule has 2 N–H and O–H groups in total. The van der Waals surface area contributed by atoms with Crippen molar-refractivity contribution in [2.24, 2.45) is 0 Å². The van der Waals surface area contributed by atoms with Crippen molar-refractivity contribution in [3.63, 3.8) is 0 Å². The van der Waals surface area contributed by atoms with E-state index in [1.807, 2.05) is 54.6 Å². The van der Waals surface area contributed by atoms with Gasteiger partial charge in [0.1, 0.15) is 5.60 Å². The lowest BCUT2D eigenvalue weighted by molar-refractivity contribution is -0.0990. The van der Waals surface area contributed by atoms with E-state index in [1.54, 1.807) is 0 Å². The van der Waals surface area contributed by atoms with Crippen LogP contribution < -0.4 is 5.32 Å². The van der Waals surface area contributed by atoms with Crippen molar-refractivity contribution < 1.29 is 9.84 Å². The minimum atomic E-state index is -0.660. The van der Waals surface area contributed by atoms with Gasteiger partial charge in [0.25, 0.3) is 0 Å². The average Bonchev–Trinajstić information content (AvgIpc) is 2.58. The molecule has 0 spiro atoms. The second kappa shape index (κ2) is 6.80. The smallest absolute Gasteiger partial charge is 0.116 e. The molecule has 2 unspecified atom stereocenters. The summed E-state index contributed by atoms with van der Waals surface area (Å²) < 4.78 is 6.23. The molecule has 1 saturated heterocycles. The summed E-state index contributed by atoms with van der Waals surface area (Å²) in [6.45, 7) is 2.02. The zero-order valence-electron chi connectivity index (χ0n) is 12.3. The number of ether oxygens (including phenoxy) is 1. The Balaban J connectivity index is 2.11. The van der Waals surface area contributed by atoms with Gasteiger partial charge in [-0.15, -0.1) is 0 Å². The van der Waals surface area contributed by atoms with Gasteiger partial charge in [0, 0.05) is 29.6 Å². The summed E-state index contributed by atoms with van der Waals surface area (Å²) in [6, 6.07) is 17.7. The number of nitrogens with one attached hydrogen (secondary N) is 1. The van der Waals surface area contributed by atoms with Crippen LogP contribution >= 0.6 is 11.6 Å². The van der Waals surface area contributed by atoms with Crippen LogP contribution in [-0.2, 0) is 10.3 Å². The number of rotatable bonds is 4. The molecule has 2 aromatic rings. The Hall–Kier alpha value is -1.39. The van der Waals surface area contributed by atoms with Gasteiger partial charge >= 0.3 is 0 Å². The van der Waals surface area contributed by atoms with E-state index in [2.05, 4.69) is 5.32 Å². The molecule has 2 atom stereocenters. The Labute approximate surface area is 135 Å². The third kappa shape index (κ3) is 2.77. The fourth-order valence-electron chi connectivity index (χ4n) is 3.23. The standard InChI is InChI=1S/C18H20ClNO2/c19-17-9-5-4-8-15(17)18(13-20-10-11-22-18)16(12-21)14-6-2-1-3-7-14/h1-9,16,20-21H,10-13H2. The van der Waals surface area contributed by atoms with Crippen LogP contribution in [0.4, 0.5) is 0 Å². The fraction of sp³-hybridized carbons (Fsp3) is 0.333. The van der Waals surface area contributed by atoms with Gasteiger partial charge in [0.15, 0.2) is 0 Å². The van der Waals surface area contributed by atoms with Crippen molar-refractivity contribution in [3.8, 4) is 0 Å². The molecular formula is C18H20ClNO2. The monoisotopic (exact) mass is 317 g/mol. The summed E-state index contributed by atoms with van der Waals surface area (Å²) in [4.78, 5) is 0. The average molecular weight is 318 g/mol. The van der Waals surface area contributed by atoms with Crippen LogP contribution in [0.25, 0.3) is 0 Å². The molecule has 3 nitrogen and oxygen atoms in total. The van der Waals surface area contributed by atoms with Crippen LogP contribution in [0, 0.1) is 0 Å². The third-order valence-corrected chi connectivity index (χ3v) is 4.63. The van der Waals surface area contributed by atoms with Gasteiger partial charge in [0.05, 0.1) is 13.2 Å². The molecule has 0 bridgehead atoms. The van der Waals surface area contributed by atoms with E-state index in [1.165, 1.54) is 0 Å². The summed E-state index contributed by atoms with van der Waals surface area (Å²) >= 11 is 6.45. The largest absolute Gasteiger partial charge is 0.396 e. The lowest BCUT2D eigenvalue weighted by Gasteiger charge is -2.44. The van der Waals surface area contributed by atoms with Gasteiger partial charge in [-0.2, -0.15) is 0 Å². The summed E-state index contributed by atoms with van der Waals surface area (Å²) in [5.74, 6) is -0.179. The van der Waals surface area contributed by atoms with E-state index in [4.69, 9.17) is 16.3 Å². The highest BCUT2D eigenvalue weighted by molar-refractivity contribution is 6.31. The summed E-state index contributed by atoms with van der Waals surface area (Å²) in [7, 11) is 0. The van der Waals surface area contributed by atoms with Crippen molar-refractivity contribution in [1.82, 2.24) is 5.32 Å². The molecule has 1 aliphatic heterocycles. The highest BCUT2D eigenvalue weighted by Crippen LogP contribution is 2.43. The topological polar surface area (TPSA) is 41.5 Å². The Bertz CT molecular complexity index is 611. The Kier molecular flexibility index (Phi) is 4.79. The van der Waals surface area contributed by atoms with Crippen molar-refractivity contribution in [3.05, 3.63) is 70.7 Å². The van der Waals surface area contributed by atoms with Crippen molar-refractivity contribution >= 4 is 11.6 Å². The van der Waals surface area contributed by atoms with E-state index in [0.29, 0.717) is 18.2 Å². The molecule has 1 heterocycles. The first-order valence-electron chi connectivity index (χ1n) is 7.53. The fourth-order valence-corrected chi connectivity index (χ4v) is 3.52. The first-order valence-corrected chi connectivity index (χ1v) is 7.91. The van der Waals surface area contributed by atoms with Crippen molar-refractivity contribution in [1.29, 1.82) is 0 Å². The molecule has 4 heteroatoms. The minimum absolute atomic E-state index is 0.00306. The Morgan fingerprint density at radius 2 is 1.86 bits per heavy atom. The van der Waals surface area contributed by atoms with Gasteiger partial charge in [-0.05, 0) is 11.6 Å². The van der Waals surface area contributed by atoms with Gasteiger partial charge in [-0.25, -0.2) is 0 Å². The SMILES string of the molecule is OCC(c1ccccc1)C1(c2ccccc2Cl)CNCCO1. The molecule has 116 valence electrons. The molecule has 1 fully saturated rings. The van der Waals surface area contributed by atoms with Gasteiger partial charge < -0.3 is 15.2 Å². The van der Waals surface area contributed by atoms with Gasteiger partial charge in [-0.1, -0.05) is 60.1 Å². The molecular weight excluding hydrogens is 298 g/mol. The third-order valence-electron chi connectivity index (χ3n) is 4.30.